The van der Waals surface area contributed by atoms with Crippen molar-refractivity contribution >= 4 is 22.3 Å². The lowest BCUT2D eigenvalue weighted by atomic mass is 10.0. The highest BCUT2D eigenvalue weighted by molar-refractivity contribution is 5.94. The molecule has 4 heterocycles. The van der Waals surface area contributed by atoms with Crippen LogP contribution < -0.4 is 19.9 Å². The van der Waals surface area contributed by atoms with E-state index in [4.69, 9.17) is 34.5 Å². The van der Waals surface area contributed by atoms with Crippen LogP contribution in [0.2, 0.25) is 0 Å². The zero-order valence-electron chi connectivity index (χ0n) is 26.2. The van der Waals surface area contributed by atoms with Gasteiger partial charge in [-0.3, -0.25) is 4.90 Å². The molecule has 3 aliphatic heterocycles. The summed E-state index contributed by atoms with van der Waals surface area (Å²) >= 11 is 0. The Morgan fingerprint density at radius 1 is 1.04 bits per heavy atom. The first-order valence-corrected chi connectivity index (χ1v) is 16.2. The smallest absolute Gasteiger partial charge is 0.318 e. The molecule has 3 aromatic rings. The molecule has 3 aliphatic rings. The van der Waals surface area contributed by atoms with Gasteiger partial charge < -0.3 is 34.4 Å². The highest BCUT2D eigenvalue weighted by atomic mass is 16.5. The summed E-state index contributed by atoms with van der Waals surface area (Å²) in [6.07, 6.45) is 3.19. The van der Waals surface area contributed by atoms with E-state index in [9.17, 15) is 0 Å². The fraction of sp³-hybridized carbons (Fsp3) is 0.559. The van der Waals surface area contributed by atoms with Gasteiger partial charge in [0.15, 0.2) is 0 Å². The van der Waals surface area contributed by atoms with Crippen LogP contribution in [0.1, 0.15) is 30.5 Å². The van der Waals surface area contributed by atoms with Gasteiger partial charge in [-0.05, 0) is 37.8 Å². The van der Waals surface area contributed by atoms with E-state index in [1.807, 2.05) is 0 Å². The van der Waals surface area contributed by atoms with Crippen LogP contribution in [0.25, 0.3) is 10.8 Å². The third kappa shape index (κ3) is 7.65. The molecular formula is C34H45N7O4. The molecule has 2 saturated heterocycles. The summed E-state index contributed by atoms with van der Waals surface area (Å²) in [5.74, 6) is 0.972. The zero-order valence-corrected chi connectivity index (χ0v) is 26.2. The van der Waals surface area contributed by atoms with Crippen molar-refractivity contribution in [1.82, 2.24) is 20.2 Å². The number of nitrogens with zero attached hydrogens (tertiary/aromatic N) is 6. The van der Waals surface area contributed by atoms with E-state index in [2.05, 4.69) is 75.6 Å². The number of hydrogen-bond donors (Lipinski definition) is 2. The summed E-state index contributed by atoms with van der Waals surface area (Å²) in [4.78, 5) is 17.1. The number of anilines is 2. The third-order valence-corrected chi connectivity index (χ3v) is 9.16. The average molecular weight is 616 g/mol. The van der Waals surface area contributed by atoms with Crippen LogP contribution >= 0.6 is 0 Å². The predicted molar refractivity (Wildman–Crippen MR) is 174 cm³/mol. The number of benzene rings is 2. The van der Waals surface area contributed by atoms with E-state index >= 15 is 0 Å². The number of nitrogens with one attached hydrogen (secondary N) is 1. The molecular weight excluding hydrogens is 570 g/mol. The molecule has 0 aliphatic carbocycles. The monoisotopic (exact) mass is 615 g/mol. The number of likely N-dealkylation sites (N-methyl/N-ethyl adjacent to an activating group) is 1. The molecule has 0 spiro atoms. The quantitative estimate of drug-likeness (QED) is 0.276. The van der Waals surface area contributed by atoms with Gasteiger partial charge in [-0.2, -0.15) is 15.2 Å². The van der Waals surface area contributed by atoms with Crippen LogP contribution in [0, 0.1) is 11.3 Å². The number of rotatable bonds is 13. The van der Waals surface area contributed by atoms with Gasteiger partial charge in [0, 0.05) is 67.9 Å². The van der Waals surface area contributed by atoms with Crippen LogP contribution in [0.5, 0.6) is 6.01 Å². The molecule has 0 bridgehead atoms. The highest BCUT2D eigenvalue weighted by Gasteiger charge is 2.32. The van der Waals surface area contributed by atoms with E-state index in [-0.39, 0.29) is 24.8 Å². The number of hydrogen-bond acceptors (Lipinski definition) is 11. The van der Waals surface area contributed by atoms with Crippen molar-refractivity contribution in [2.75, 3.05) is 82.6 Å². The molecule has 6 rings (SSSR count). The molecule has 0 amide bonds. The SMILES string of the molecule is CN1C[C@H](OCCOCCO)C[C@H]1COc1nc2c(c(N3CCNC(CCC#N)C3)n1)CCN(c1cccc3ccccc13)C2. The molecule has 11 nitrogen and oxygen atoms in total. The minimum atomic E-state index is 0.0235. The zero-order chi connectivity index (χ0) is 31.0. The number of aliphatic hydroxyl groups excluding tert-OH is 1. The van der Waals surface area contributed by atoms with E-state index in [0.717, 1.165) is 63.5 Å². The van der Waals surface area contributed by atoms with E-state index in [1.165, 1.54) is 22.0 Å². The Bertz CT molecular complexity index is 1460. The first-order valence-electron chi connectivity index (χ1n) is 16.2. The van der Waals surface area contributed by atoms with Crippen molar-refractivity contribution in [2.45, 2.75) is 50.4 Å². The lowest BCUT2D eigenvalue weighted by Crippen LogP contribution is -2.51. The summed E-state index contributed by atoms with van der Waals surface area (Å²) in [5, 5.41) is 24.1. The van der Waals surface area contributed by atoms with Crippen molar-refractivity contribution in [1.29, 1.82) is 5.26 Å². The number of fused-ring (bicyclic) bond motifs is 2. The molecule has 2 fully saturated rings. The molecule has 3 atom stereocenters. The number of likely N-dealkylation sites (tertiary alicyclic amines) is 1. The number of nitriles is 1. The molecule has 2 N–H and O–H groups in total. The second-order valence-corrected chi connectivity index (χ2v) is 12.2. The van der Waals surface area contributed by atoms with Gasteiger partial charge in [0.05, 0.1) is 50.8 Å². The summed E-state index contributed by atoms with van der Waals surface area (Å²) < 4.78 is 17.8. The molecule has 1 aromatic heterocycles. The summed E-state index contributed by atoms with van der Waals surface area (Å²) in [5.41, 5.74) is 3.44. The molecule has 2 aromatic carbocycles. The number of piperazine rings is 1. The third-order valence-electron chi connectivity index (χ3n) is 9.16. The highest BCUT2D eigenvalue weighted by Crippen LogP contribution is 2.34. The van der Waals surface area contributed by atoms with E-state index in [1.54, 1.807) is 0 Å². The fourth-order valence-electron chi connectivity index (χ4n) is 6.81. The Balaban J connectivity index is 1.20. The Morgan fingerprint density at radius 2 is 1.93 bits per heavy atom. The van der Waals surface area contributed by atoms with Gasteiger partial charge in [0.25, 0.3) is 0 Å². The minimum Gasteiger partial charge on any atom is -0.462 e. The van der Waals surface area contributed by atoms with Gasteiger partial charge in [-0.1, -0.05) is 36.4 Å². The fourth-order valence-corrected chi connectivity index (χ4v) is 6.81. The van der Waals surface area contributed by atoms with E-state index < -0.39 is 0 Å². The average Bonchev–Trinajstić information content (AvgIpc) is 3.44. The molecule has 0 saturated carbocycles. The van der Waals surface area contributed by atoms with Gasteiger partial charge in [-0.25, -0.2) is 0 Å². The van der Waals surface area contributed by atoms with Crippen LogP contribution in [-0.4, -0.2) is 111 Å². The topological polar surface area (TPSA) is 119 Å². The summed E-state index contributed by atoms with van der Waals surface area (Å²) in [7, 11) is 2.10. The van der Waals surface area contributed by atoms with Crippen molar-refractivity contribution in [3.8, 4) is 12.1 Å². The van der Waals surface area contributed by atoms with Gasteiger partial charge in [0.2, 0.25) is 0 Å². The second kappa shape index (κ2) is 15.2. The number of aromatic nitrogens is 2. The van der Waals surface area contributed by atoms with Crippen LogP contribution in [0.15, 0.2) is 42.5 Å². The Morgan fingerprint density at radius 3 is 2.82 bits per heavy atom. The standard InChI is InChI=1S/C34H45N7O4/c1-39-22-28(44-19-18-43-17-16-42)20-27(39)24-45-34-37-31-23-40(32-10-4-7-25-6-2-3-9-29(25)32)14-11-30(31)33(38-34)41-15-13-36-26(21-41)8-5-12-35/h2-4,6-7,9-10,26-28,36,42H,5,8,11,13-24H2,1H3/t26?,27-,28+/m0/s1. The molecule has 240 valence electrons. The molecule has 1 unspecified atom stereocenters. The molecule has 0 radical (unpaired) electrons. The Labute approximate surface area is 265 Å². The lowest BCUT2D eigenvalue weighted by molar-refractivity contribution is 0.00184. The maximum atomic E-state index is 9.16. The maximum Gasteiger partial charge on any atom is 0.318 e. The predicted octanol–water partition coefficient (Wildman–Crippen LogP) is 2.75. The minimum absolute atomic E-state index is 0.0235. The van der Waals surface area contributed by atoms with Crippen LogP contribution in [0.4, 0.5) is 11.5 Å². The lowest BCUT2D eigenvalue weighted by Gasteiger charge is -2.38. The molecule has 11 heteroatoms. The maximum absolute atomic E-state index is 9.16. The first kappa shape index (κ1) is 31.5. The normalized spacial score (nSPS) is 22.0. The summed E-state index contributed by atoms with van der Waals surface area (Å²) in [6.45, 7) is 6.75. The second-order valence-electron chi connectivity index (χ2n) is 12.2. The van der Waals surface area contributed by atoms with E-state index in [0.29, 0.717) is 45.4 Å². The van der Waals surface area contributed by atoms with Crippen LogP contribution in [-0.2, 0) is 22.4 Å². The first-order chi connectivity index (χ1) is 22.1. The van der Waals surface area contributed by atoms with Crippen molar-refractivity contribution in [3.05, 3.63) is 53.7 Å². The Hall–Kier alpha value is -3.53. The number of aliphatic hydroxyl groups is 1. The van der Waals surface area contributed by atoms with Gasteiger partial charge in [-0.15, -0.1) is 0 Å². The van der Waals surface area contributed by atoms with Gasteiger partial charge in [0.1, 0.15) is 12.4 Å². The van der Waals surface area contributed by atoms with Crippen molar-refractivity contribution < 1.29 is 19.3 Å². The van der Waals surface area contributed by atoms with Crippen molar-refractivity contribution in [3.63, 3.8) is 0 Å². The number of ether oxygens (including phenoxy) is 3. The largest absolute Gasteiger partial charge is 0.462 e. The summed E-state index contributed by atoms with van der Waals surface area (Å²) in [6, 6.07) is 18.2. The van der Waals surface area contributed by atoms with Gasteiger partial charge >= 0.3 is 6.01 Å². The Kier molecular flexibility index (Phi) is 10.6. The van der Waals surface area contributed by atoms with Crippen LogP contribution in [0.3, 0.4) is 0 Å². The van der Waals surface area contributed by atoms with Crippen molar-refractivity contribution in [2.24, 2.45) is 0 Å². The molecule has 45 heavy (non-hydrogen) atoms.